The number of rotatable bonds is 2. The Balaban J connectivity index is 1.81. The van der Waals surface area contributed by atoms with Gasteiger partial charge in [-0.2, -0.15) is 5.10 Å². The van der Waals surface area contributed by atoms with E-state index in [1.54, 1.807) is 12.3 Å². The maximum absolute atomic E-state index is 12.2. The van der Waals surface area contributed by atoms with Crippen LogP contribution in [0.2, 0.25) is 0 Å². The molecule has 5 heteroatoms. The summed E-state index contributed by atoms with van der Waals surface area (Å²) >= 11 is 0. The first-order chi connectivity index (χ1) is 7.84. The lowest BCUT2D eigenvalue weighted by molar-refractivity contribution is 0.0820. The molecular formula is C11H16N4O. The molecule has 4 heterocycles. The zero-order chi connectivity index (χ0) is 11.0. The van der Waals surface area contributed by atoms with Crippen LogP contribution in [0, 0.1) is 0 Å². The first-order valence-electron chi connectivity index (χ1n) is 5.85. The van der Waals surface area contributed by atoms with Gasteiger partial charge in [0.1, 0.15) is 5.69 Å². The van der Waals surface area contributed by atoms with Crippen LogP contribution >= 0.6 is 0 Å². The second-order valence-corrected chi connectivity index (χ2v) is 4.57. The number of carbonyl (C=O) groups excluding carboxylic acids is 1. The second kappa shape index (κ2) is 3.99. The van der Waals surface area contributed by atoms with Gasteiger partial charge in [0, 0.05) is 31.9 Å². The number of fused-ring (bicyclic) bond motifs is 4. The molecular weight excluding hydrogens is 204 g/mol. The number of hydrogen-bond acceptors (Lipinski definition) is 4. The normalized spacial score (nSPS) is 33.6. The van der Waals surface area contributed by atoms with E-state index in [0.29, 0.717) is 11.7 Å². The van der Waals surface area contributed by atoms with Crippen LogP contribution in [-0.2, 0) is 0 Å². The van der Waals surface area contributed by atoms with E-state index < -0.39 is 0 Å². The Kier molecular flexibility index (Phi) is 2.49. The highest BCUT2D eigenvalue weighted by molar-refractivity contribution is 5.98. The van der Waals surface area contributed by atoms with Crippen molar-refractivity contribution in [3.8, 4) is 0 Å². The maximum Gasteiger partial charge on any atom is 0.198 e. The van der Waals surface area contributed by atoms with E-state index in [2.05, 4.69) is 20.4 Å². The largest absolute Gasteiger partial charge is 0.312 e. The molecule has 3 fully saturated rings. The molecule has 3 aliphatic heterocycles. The van der Waals surface area contributed by atoms with Crippen LogP contribution in [0.1, 0.15) is 23.3 Å². The molecule has 5 nitrogen and oxygen atoms in total. The van der Waals surface area contributed by atoms with E-state index in [1.807, 2.05) is 0 Å². The summed E-state index contributed by atoms with van der Waals surface area (Å²) < 4.78 is 0. The Labute approximate surface area is 94.2 Å². The van der Waals surface area contributed by atoms with Crippen LogP contribution in [0.3, 0.4) is 0 Å². The molecule has 0 aromatic carbocycles. The number of Topliss-reactive ketones (excluding diaryl/α,β-unsaturated/α-hetero) is 1. The van der Waals surface area contributed by atoms with E-state index in [1.165, 1.54) is 0 Å². The van der Waals surface area contributed by atoms with Crippen molar-refractivity contribution in [2.24, 2.45) is 0 Å². The monoisotopic (exact) mass is 220 g/mol. The minimum Gasteiger partial charge on any atom is -0.312 e. The fraction of sp³-hybridized carbons (Fsp3) is 0.636. The van der Waals surface area contributed by atoms with Crippen molar-refractivity contribution in [3.63, 3.8) is 0 Å². The minimum absolute atomic E-state index is 0.0204. The lowest BCUT2D eigenvalue weighted by Gasteiger charge is -2.30. The van der Waals surface area contributed by atoms with Crippen molar-refractivity contribution < 1.29 is 4.79 Å². The number of ketones is 1. The van der Waals surface area contributed by atoms with E-state index in [-0.39, 0.29) is 11.8 Å². The average Bonchev–Trinajstić information content (AvgIpc) is 2.70. The highest BCUT2D eigenvalue weighted by atomic mass is 16.1. The molecule has 86 valence electrons. The van der Waals surface area contributed by atoms with Crippen molar-refractivity contribution in [3.05, 3.63) is 18.0 Å². The molecule has 4 rings (SSSR count). The van der Waals surface area contributed by atoms with Gasteiger partial charge >= 0.3 is 0 Å². The first kappa shape index (κ1) is 9.99. The molecule has 0 saturated carbocycles. The Bertz CT molecular complexity index is 367. The summed E-state index contributed by atoms with van der Waals surface area (Å²) in [7, 11) is 0. The predicted molar refractivity (Wildman–Crippen MR) is 59.3 cm³/mol. The third kappa shape index (κ3) is 1.66. The summed E-state index contributed by atoms with van der Waals surface area (Å²) in [6, 6.07) is 2.34. The molecule has 3 aliphatic rings. The van der Waals surface area contributed by atoms with Crippen molar-refractivity contribution in [1.82, 2.24) is 20.4 Å². The summed E-state index contributed by atoms with van der Waals surface area (Å²) in [6.45, 7) is 2.83. The topological polar surface area (TPSA) is 61.0 Å². The van der Waals surface area contributed by atoms with Gasteiger partial charge in [-0.1, -0.05) is 0 Å². The van der Waals surface area contributed by atoms with E-state index in [0.717, 1.165) is 32.5 Å². The highest BCUT2D eigenvalue weighted by Crippen LogP contribution is 2.19. The lowest BCUT2D eigenvalue weighted by atomic mass is 10.0. The number of aromatic nitrogens is 2. The second-order valence-electron chi connectivity index (χ2n) is 4.57. The molecule has 1 unspecified atom stereocenters. The number of nitrogens with one attached hydrogen (secondary N) is 2. The van der Waals surface area contributed by atoms with Crippen LogP contribution in [-0.4, -0.2) is 52.6 Å². The molecule has 2 bridgehead atoms. The van der Waals surface area contributed by atoms with Crippen LogP contribution in [0.25, 0.3) is 0 Å². The summed E-state index contributed by atoms with van der Waals surface area (Å²) in [4.78, 5) is 14.5. The van der Waals surface area contributed by atoms with Crippen LogP contribution in [0.15, 0.2) is 12.3 Å². The van der Waals surface area contributed by atoms with Crippen LogP contribution in [0.5, 0.6) is 0 Å². The molecule has 0 amide bonds. The van der Waals surface area contributed by atoms with Gasteiger partial charge < -0.3 is 5.32 Å². The van der Waals surface area contributed by atoms with Crippen LogP contribution in [0.4, 0.5) is 0 Å². The van der Waals surface area contributed by atoms with Crippen molar-refractivity contribution in [1.29, 1.82) is 0 Å². The molecule has 1 atom stereocenters. The van der Waals surface area contributed by atoms with Crippen molar-refractivity contribution in [2.45, 2.75) is 24.9 Å². The van der Waals surface area contributed by atoms with Gasteiger partial charge in [-0.3, -0.25) is 14.8 Å². The summed E-state index contributed by atoms with van der Waals surface area (Å²) in [5.74, 6) is 0.160. The molecule has 1 aromatic rings. The smallest absolute Gasteiger partial charge is 0.198 e. The van der Waals surface area contributed by atoms with Gasteiger partial charge in [-0.05, 0) is 18.9 Å². The summed E-state index contributed by atoms with van der Waals surface area (Å²) in [5, 5.41) is 10.1. The fourth-order valence-corrected chi connectivity index (χ4v) is 2.65. The molecule has 0 aliphatic carbocycles. The minimum atomic E-state index is -0.0204. The number of nitrogens with zero attached hydrogens (tertiary/aromatic N) is 2. The molecule has 1 aromatic heterocycles. The molecule has 16 heavy (non-hydrogen) atoms. The van der Waals surface area contributed by atoms with Crippen molar-refractivity contribution >= 4 is 5.78 Å². The number of piperidine rings is 1. The number of H-pyrrole nitrogens is 1. The quantitative estimate of drug-likeness (QED) is 0.690. The third-order valence-electron chi connectivity index (χ3n) is 3.64. The Hall–Kier alpha value is -1.20. The zero-order valence-corrected chi connectivity index (χ0v) is 9.15. The SMILES string of the molecule is O=C(c1ccn[nH]1)C1CNC2CCN1CC2. The predicted octanol–water partition coefficient (Wildman–Crippen LogP) is 0.0286. The molecule has 3 saturated heterocycles. The van der Waals surface area contributed by atoms with Crippen molar-refractivity contribution in [2.75, 3.05) is 19.6 Å². The molecule has 0 radical (unpaired) electrons. The van der Waals surface area contributed by atoms with Gasteiger partial charge in [0.05, 0.1) is 6.04 Å². The van der Waals surface area contributed by atoms with Gasteiger partial charge in [-0.15, -0.1) is 0 Å². The zero-order valence-electron chi connectivity index (χ0n) is 9.15. The summed E-state index contributed by atoms with van der Waals surface area (Å²) in [5.41, 5.74) is 0.622. The van der Waals surface area contributed by atoms with Gasteiger partial charge in [0.2, 0.25) is 0 Å². The highest BCUT2D eigenvalue weighted by Gasteiger charge is 2.34. The summed E-state index contributed by atoms with van der Waals surface area (Å²) in [6.07, 6.45) is 3.95. The van der Waals surface area contributed by atoms with Gasteiger partial charge in [0.15, 0.2) is 5.78 Å². The fourth-order valence-electron chi connectivity index (χ4n) is 2.65. The Morgan fingerprint density at radius 2 is 2.25 bits per heavy atom. The standard InChI is InChI=1S/C11H16N4O/c16-11(9-1-4-13-14-9)10-7-12-8-2-5-15(10)6-3-8/h1,4,8,10,12H,2-3,5-7H2,(H,13,14). The number of carbonyl (C=O) groups is 1. The third-order valence-corrected chi connectivity index (χ3v) is 3.64. The van der Waals surface area contributed by atoms with Gasteiger partial charge in [-0.25, -0.2) is 0 Å². The Morgan fingerprint density at radius 3 is 2.94 bits per heavy atom. The van der Waals surface area contributed by atoms with E-state index >= 15 is 0 Å². The number of hydrogen-bond donors (Lipinski definition) is 2. The van der Waals surface area contributed by atoms with E-state index in [4.69, 9.17) is 0 Å². The van der Waals surface area contributed by atoms with Crippen LogP contribution < -0.4 is 5.32 Å². The average molecular weight is 220 g/mol. The Morgan fingerprint density at radius 1 is 1.44 bits per heavy atom. The van der Waals surface area contributed by atoms with Gasteiger partial charge in [0.25, 0.3) is 0 Å². The lowest BCUT2D eigenvalue weighted by Crippen LogP contribution is -2.45. The number of aromatic amines is 1. The maximum atomic E-state index is 12.2. The molecule has 2 N–H and O–H groups in total. The first-order valence-corrected chi connectivity index (χ1v) is 5.85. The molecule has 0 spiro atoms. The van der Waals surface area contributed by atoms with E-state index in [9.17, 15) is 4.79 Å².